The lowest BCUT2D eigenvalue weighted by molar-refractivity contribution is -0.121. The van der Waals surface area contributed by atoms with E-state index in [0.717, 1.165) is 41.3 Å². The van der Waals surface area contributed by atoms with Gasteiger partial charge in [-0.3, -0.25) is 9.59 Å². The van der Waals surface area contributed by atoms with Gasteiger partial charge in [-0.25, -0.2) is 9.37 Å². The van der Waals surface area contributed by atoms with Crippen LogP contribution in [0.1, 0.15) is 53.1 Å². The number of pyridine rings is 1. The van der Waals surface area contributed by atoms with Crippen LogP contribution in [0.2, 0.25) is 0 Å². The van der Waals surface area contributed by atoms with Gasteiger partial charge in [0, 0.05) is 36.2 Å². The summed E-state index contributed by atoms with van der Waals surface area (Å²) in [5.41, 5.74) is 3.39. The van der Waals surface area contributed by atoms with E-state index >= 15 is 0 Å². The number of halogens is 2. The standard InChI is InChI=1S/C30H27F2N3O3/c1-33-27(36)12-20(18-2-4-23(31)5-3-18)8-21-11-26-19(6-7-38-26)9-24(21)22-10-25(28(32)34-16-22)29(37)35-30-13-17(14-30)15-30/h2-7,9-11,16-17,20H,8,12-15H2,1H3,(H,33,36)(H,35,37). The number of nitrogens with one attached hydrogen (secondary N) is 2. The Labute approximate surface area is 218 Å². The SMILES string of the molecule is CNC(=O)CC(Cc1cc2occc2cc1-c1cnc(F)c(C(=O)NC23CC(C2)C3)c1)c1ccc(F)cc1. The summed E-state index contributed by atoms with van der Waals surface area (Å²) in [7, 11) is 1.58. The molecular weight excluding hydrogens is 488 g/mol. The monoisotopic (exact) mass is 515 g/mol. The number of furan rings is 1. The Kier molecular flexibility index (Phi) is 5.97. The molecule has 3 aliphatic rings. The van der Waals surface area contributed by atoms with Gasteiger partial charge < -0.3 is 15.1 Å². The van der Waals surface area contributed by atoms with Crippen LogP contribution in [0, 0.1) is 17.7 Å². The van der Waals surface area contributed by atoms with Crippen LogP contribution in [0.4, 0.5) is 8.78 Å². The summed E-state index contributed by atoms with van der Waals surface area (Å²) in [6, 6.07) is 13.3. The van der Waals surface area contributed by atoms with Crippen molar-refractivity contribution in [2.45, 2.75) is 43.6 Å². The van der Waals surface area contributed by atoms with Crippen LogP contribution < -0.4 is 10.6 Å². The second-order valence-electron chi connectivity index (χ2n) is 10.6. The molecule has 2 heterocycles. The van der Waals surface area contributed by atoms with Crippen LogP contribution in [0.15, 0.2) is 65.4 Å². The molecule has 6 nitrogen and oxygen atoms in total. The van der Waals surface area contributed by atoms with Crippen molar-refractivity contribution in [1.29, 1.82) is 0 Å². The van der Waals surface area contributed by atoms with Crippen molar-refractivity contribution in [1.82, 2.24) is 15.6 Å². The lowest BCUT2D eigenvalue weighted by Gasteiger charge is -2.61. The molecule has 8 heteroatoms. The number of amides is 2. The first-order chi connectivity index (χ1) is 18.3. The maximum absolute atomic E-state index is 14.7. The summed E-state index contributed by atoms with van der Waals surface area (Å²) in [5, 5.41) is 6.52. The molecule has 2 N–H and O–H groups in total. The molecule has 0 radical (unpaired) electrons. The molecule has 0 aliphatic heterocycles. The molecule has 194 valence electrons. The van der Waals surface area contributed by atoms with E-state index in [9.17, 15) is 18.4 Å². The number of carbonyl (C=O) groups excluding carboxylic acids is 2. The fraction of sp³-hybridized carbons (Fsp3) is 0.300. The van der Waals surface area contributed by atoms with Crippen LogP contribution in [-0.4, -0.2) is 29.4 Å². The van der Waals surface area contributed by atoms with E-state index < -0.39 is 11.9 Å². The highest BCUT2D eigenvalue weighted by Crippen LogP contribution is 2.57. The van der Waals surface area contributed by atoms with Gasteiger partial charge in [0.2, 0.25) is 11.9 Å². The lowest BCUT2D eigenvalue weighted by Crippen LogP contribution is -2.68. The van der Waals surface area contributed by atoms with Crippen LogP contribution in [0.25, 0.3) is 22.1 Å². The van der Waals surface area contributed by atoms with Gasteiger partial charge in [0.1, 0.15) is 11.4 Å². The van der Waals surface area contributed by atoms with Crippen molar-refractivity contribution in [2.24, 2.45) is 5.92 Å². The predicted octanol–water partition coefficient (Wildman–Crippen LogP) is 5.52. The zero-order valence-electron chi connectivity index (χ0n) is 20.9. The Balaban J connectivity index is 1.39. The van der Waals surface area contributed by atoms with E-state index in [1.54, 1.807) is 31.5 Å². The third kappa shape index (κ3) is 4.44. The summed E-state index contributed by atoms with van der Waals surface area (Å²) >= 11 is 0. The van der Waals surface area contributed by atoms with Crippen molar-refractivity contribution in [3.63, 3.8) is 0 Å². The van der Waals surface area contributed by atoms with Crippen LogP contribution in [0.3, 0.4) is 0 Å². The van der Waals surface area contributed by atoms with Gasteiger partial charge in [0.05, 0.1) is 11.8 Å². The number of hydrogen-bond acceptors (Lipinski definition) is 4. The number of rotatable bonds is 8. The zero-order valence-corrected chi connectivity index (χ0v) is 20.9. The molecule has 7 rings (SSSR count). The quantitative estimate of drug-likeness (QED) is 0.303. The van der Waals surface area contributed by atoms with Gasteiger partial charge >= 0.3 is 0 Å². The van der Waals surface area contributed by atoms with Crippen molar-refractivity contribution in [3.05, 3.63) is 89.4 Å². The first-order valence-electron chi connectivity index (χ1n) is 12.8. The predicted molar refractivity (Wildman–Crippen MR) is 138 cm³/mol. The van der Waals surface area contributed by atoms with E-state index in [4.69, 9.17) is 4.42 Å². The average Bonchev–Trinajstić information content (AvgIpc) is 3.32. The minimum atomic E-state index is -0.812. The Morgan fingerprint density at radius 3 is 2.55 bits per heavy atom. The molecule has 0 saturated heterocycles. The van der Waals surface area contributed by atoms with E-state index in [1.807, 2.05) is 18.2 Å². The highest BCUT2D eigenvalue weighted by molar-refractivity contribution is 5.96. The minimum Gasteiger partial charge on any atom is -0.464 e. The molecule has 3 saturated carbocycles. The molecule has 1 unspecified atom stereocenters. The Bertz CT molecular complexity index is 1530. The molecule has 4 aromatic rings. The van der Waals surface area contributed by atoms with E-state index in [2.05, 4.69) is 15.6 Å². The summed E-state index contributed by atoms with van der Waals surface area (Å²) in [6.07, 6.45) is 6.47. The maximum Gasteiger partial charge on any atom is 0.256 e. The number of carbonyl (C=O) groups is 2. The molecule has 2 aromatic heterocycles. The van der Waals surface area contributed by atoms with Crippen LogP contribution in [-0.2, 0) is 11.2 Å². The third-order valence-electron chi connectivity index (χ3n) is 8.01. The highest BCUT2D eigenvalue weighted by Gasteiger charge is 2.57. The molecule has 2 bridgehead atoms. The summed E-state index contributed by atoms with van der Waals surface area (Å²) in [5.74, 6) is -1.35. The van der Waals surface area contributed by atoms with Crippen molar-refractivity contribution >= 4 is 22.8 Å². The molecule has 2 aromatic carbocycles. The second-order valence-corrected chi connectivity index (χ2v) is 10.6. The topological polar surface area (TPSA) is 84.2 Å². The first-order valence-corrected chi connectivity index (χ1v) is 12.8. The fourth-order valence-corrected chi connectivity index (χ4v) is 5.82. The minimum absolute atomic E-state index is 0.0917. The zero-order chi connectivity index (χ0) is 26.4. The second kappa shape index (κ2) is 9.35. The molecule has 1 atom stereocenters. The maximum atomic E-state index is 14.7. The Morgan fingerprint density at radius 2 is 1.87 bits per heavy atom. The van der Waals surface area contributed by atoms with Gasteiger partial charge in [-0.15, -0.1) is 0 Å². The molecule has 3 fully saturated rings. The fourth-order valence-electron chi connectivity index (χ4n) is 5.82. The van der Waals surface area contributed by atoms with Crippen LogP contribution >= 0.6 is 0 Å². The van der Waals surface area contributed by atoms with E-state index in [0.29, 0.717) is 23.5 Å². The third-order valence-corrected chi connectivity index (χ3v) is 8.01. The summed E-state index contributed by atoms with van der Waals surface area (Å²) in [6.45, 7) is 0. The van der Waals surface area contributed by atoms with Crippen molar-refractivity contribution in [3.8, 4) is 11.1 Å². The average molecular weight is 516 g/mol. The lowest BCUT2D eigenvalue weighted by atomic mass is 9.50. The van der Waals surface area contributed by atoms with Gasteiger partial charge in [0.25, 0.3) is 5.91 Å². The van der Waals surface area contributed by atoms with Crippen molar-refractivity contribution < 1.29 is 22.8 Å². The summed E-state index contributed by atoms with van der Waals surface area (Å²) in [4.78, 5) is 29.3. The van der Waals surface area contributed by atoms with E-state index in [-0.39, 0.29) is 35.2 Å². The summed E-state index contributed by atoms with van der Waals surface area (Å²) < 4.78 is 34.0. The van der Waals surface area contributed by atoms with Gasteiger partial charge in [-0.1, -0.05) is 12.1 Å². The molecule has 0 spiro atoms. The van der Waals surface area contributed by atoms with Gasteiger partial charge in [0.15, 0.2) is 0 Å². The smallest absolute Gasteiger partial charge is 0.256 e. The number of aromatic nitrogens is 1. The highest BCUT2D eigenvalue weighted by atomic mass is 19.1. The molecule has 2 amide bonds. The van der Waals surface area contributed by atoms with Gasteiger partial charge in [-0.05, 0) is 90.6 Å². The molecule has 38 heavy (non-hydrogen) atoms. The molecule has 3 aliphatic carbocycles. The van der Waals surface area contributed by atoms with Crippen LogP contribution in [0.5, 0.6) is 0 Å². The van der Waals surface area contributed by atoms with E-state index in [1.165, 1.54) is 18.3 Å². The van der Waals surface area contributed by atoms with Gasteiger partial charge in [-0.2, -0.15) is 4.39 Å². The normalized spacial score (nSPS) is 20.3. The number of benzene rings is 2. The van der Waals surface area contributed by atoms with Crippen molar-refractivity contribution in [2.75, 3.05) is 7.05 Å². The Hall–Kier alpha value is -4.07. The number of fused-ring (bicyclic) bond motifs is 1. The number of hydrogen-bond donors (Lipinski definition) is 2. The Morgan fingerprint density at radius 1 is 1.11 bits per heavy atom. The largest absolute Gasteiger partial charge is 0.464 e. The first kappa shape index (κ1) is 24.3. The number of nitrogens with zero attached hydrogens (tertiary/aromatic N) is 1. The molecular formula is C30H27F2N3O3.